The molecule has 0 amide bonds. The van der Waals surface area contributed by atoms with Crippen LogP contribution in [-0.2, 0) is 4.79 Å². The maximum atomic E-state index is 10.5. The van der Waals surface area contributed by atoms with Gasteiger partial charge in [0.25, 0.3) is 0 Å². The second-order valence-electron chi connectivity index (χ2n) is 4.22. The Bertz CT molecular complexity index is 159. The molecule has 0 spiro atoms. The van der Waals surface area contributed by atoms with Crippen LogP contribution in [0.15, 0.2) is 0 Å². The number of carboxylic acid groups (broad SMARTS) is 1. The highest BCUT2D eigenvalue weighted by Gasteiger charge is 2.33. The summed E-state index contributed by atoms with van der Waals surface area (Å²) in [6, 6.07) is 0. The number of aliphatic carboxylic acids is 1. The van der Waals surface area contributed by atoms with Crippen molar-refractivity contribution in [1.29, 1.82) is 0 Å². The highest BCUT2D eigenvalue weighted by molar-refractivity contribution is 5.71. The van der Waals surface area contributed by atoms with Crippen molar-refractivity contribution in [2.45, 2.75) is 51.9 Å². The van der Waals surface area contributed by atoms with Crippen molar-refractivity contribution < 1.29 is 9.90 Å². The summed E-state index contributed by atoms with van der Waals surface area (Å²) in [5.41, 5.74) is 0. The van der Waals surface area contributed by atoms with E-state index in [0.29, 0.717) is 0 Å². The lowest BCUT2D eigenvalue weighted by Crippen LogP contribution is -2.30. The van der Waals surface area contributed by atoms with Gasteiger partial charge in [-0.15, -0.1) is 0 Å². The summed E-state index contributed by atoms with van der Waals surface area (Å²) in [6.07, 6.45) is 8.35. The van der Waals surface area contributed by atoms with E-state index in [9.17, 15) is 4.79 Å². The Morgan fingerprint density at radius 3 is 2.54 bits per heavy atom. The first kappa shape index (κ1) is 10.6. The van der Waals surface area contributed by atoms with Gasteiger partial charge in [0.05, 0.1) is 5.92 Å². The molecule has 0 aromatic heterocycles. The topological polar surface area (TPSA) is 37.3 Å². The molecule has 0 atom stereocenters. The zero-order chi connectivity index (χ0) is 9.68. The van der Waals surface area contributed by atoms with Crippen molar-refractivity contribution >= 4 is 5.97 Å². The maximum absolute atomic E-state index is 10.5. The monoisotopic (exact) mass is 184 g/mol. The molecule has 1 rings (SSSR count). The molecule has 1 aliphatic carbocycles. The van der Waals surface area contributed by atoms with E-state index in [0.717, 1.165) is 18.8 Å². The Morgan fingerprint density at radius 1 is 1.31 bits per heavy atom. The average molecular weight is 184 g/mol. The van der Waals surface area contributed by atoms with Crippen LogP contribution in [0.3, 0.4) is 0 Å². The third-order valence-electron chi connectivity index (χ3n) is 3.05. The van der Waals surface area contributed by atoms with Crippen molar-refractivity contribution in [2.24, 2.45) is 11.8 Å². The molecule has 1 fully saturated rings. The third kappa shape index (κ3) is 3.37. The van der Waals surface area contributed by atoms with Gasteiger partial charge in [-0.1, -0.05) is 39.0 Å². The molecule has 0 radical (unpaired) electrons. The number of unbranched alkanes of at least 4 members (excludes halogenated alkanes) is 3. The van der Waals surface area contributed by atoms with Gasteiger partial charge in [0.1, 0.15) is 0 Å². The Morgan fingerprint density at radius 2 is 2.00 bits per heavy atom. The molecule has 2 heteroatoms. The molecule has 1 N–H and O–H groups in total. The summed E-state index contributed by atoms with van der Waals surface area (Å²) in [5, 5.41) is 8.66. The van der Waals surface area contributed by atoms with Crippen LogP contribution in [-0.4, -0.2) is 11.1 Å². The van der Waals surface area contributed by atoms with Crippen LogP contribution in [0, 0.1) is 11.8 Å². The Balaban J connectivity index is 1.93. The number of hydrogen-bond acceptors (Lipinski definition) is 1. The maximum Gasteiger partial charge on any atom is 0.306 e. The highest BCUT2D eigenvalue weighted by Crippen LogP contribution is 2.37. The van der Waals surface area contributed by atoms with Crippen molar-refractivity contribution in [1.82, 2.24) is 0 Å². The zero-order valence-corrected chi connectivity index (χ0v) is 8.46. The second-order valence-corrected chi connectivity index (χ2v) is 4.22. The molecular weight excluding hydrogens is 164 g/mol. The summed E-state index contributed by atoms with van der Waals surface area (Å²) < 4.78 is 0. The molecule has 0 heterocycles. The summed E-state index contributed by atoms with van der Waals surface area (Å²) in [7, 11) is 0. The molecule has 0 aromatic rings. The van der Waals surface area contributed by atoms with E-state index in [1.807, 2.05) is 0 Å². The van der Waals surface area contributed by atoms with Crippen molar-refractivity contribution in [2.75, 3.05) is 0 Å². The van der Waals surface area contributed by atoms with Gasteiger partial charge in [0, 0.05) is 0 Å². The summed E-state index contributed by atoms with van der Waals surface area (Å²) >= 11 is 0. The fourth-order valence-corrected chi connectivity index (χ4v) is 2.03. The van der Waals surface area contributed by atoms with Crippen molar-refractivity contribution in [3.8, 4) is 0 Å². The van der Waals surface area contributed by atoms with Gasteiger partial charge in [0.15, 0.2) is 0 Å². The minimum Gasteiger partial charge on any atom is -0.481 e. The molecule has 0 aromatic carbocycles. The second kappa shape index (κ2) is 5.25. The molecule has 1 aliphatic rings. The van der Waals surface area contributed by atoms with Gasteiger partial charge in [0.2, 0.25) is 0 Å². The Hall–Kier alpha value is -0.530. The minimum atomic E-state index is -0.593. The summed E-state index contributed by atoms with van der Waals surface area (Å²) in [4.78, 5) is 10.5. The minimum absolute atomic E-state index is 0.0174. The van der Waals surface area contributed by atoms with E-state index in [2.05, 4.69) is 6.92 Å². The first-order chi connectivity index (χ1) is 6.24. The van der Waals surface area contributed by atoms with Crippen LogP contribution < -0.4 is 0 Å². The molecule has 0 aliphatic heterocycles. The quantitative estimate of drug-likeness (QED) is 0.644. The molecule has 76 valence electrons. The van der Waals surface area contributed by atoms with Crippen LogP contribution in [0.2, 0.25) is 0 Å². The van der Waals surface area contributed by atoms with E-state index in [4.69, 9.17) is 5.11 Å². The molecule has 0 saturated heterocycles. The molecule has 1 saturated carbocycles. The first-order valence-electron chi connectivity index (χ1n) is 5.46. The zero-order valence-electron chi connectivity index (χ0n) is 8.46. The van der Waals surface area contributed by atoms with Gasteiger partial charge >= 0.3 is 5.97 Å². The van der Waals surface area contributed by atoms with Crippen molar-refractivity contribution in [3.63, 3.8) is 0 Å². The number of rotatable bonds is 6. The predicted octanol–water partition coefficient (Wildman–Crippen LogP) is 3.07. The van der Waals surface area contributed by atoms with Crippen LogP contribution in [0.5, 0.6) is 0 Å². The lowest BCUT2D eigenvalue weighted by atomic mass is 9.72. The van der Waals surface area contributed by atoms with Gasteiger partial charge in [-0.25, -0.2) is 0 Å². The molecule has 0 bridgehead atoms. The number of carboxylic acids is 1. The van der Waals surface area contributed by atoms with E-state index in [1.165, 1.54) is 32.1 Å². The Kier molecular flexibility index (Phi) is 4.26. The van der Waals surface area contributed by atoms with Crippen molar-refractivity contribution in [3.05, 3.63) is 0 Å². The standard InChI is InChI=1S/C11H20O2/c1-2-3-4-5-6-9-7-10(8-9)11(12)13/h9-10H,2-8H2,1H3,(H,12,13). The lowest BCUT2D eigenvalue weighted by molar-refractivity contribution is -0.146. The molecule has 13 heavy (non-hydrogen) atoms. The van der Waals surface area contributed by atoms with Crippen LogP contribution in [0.1, 0.15) is 51.9 Å². The fourth-order valence-electron chi connectivity index (χ4n) is 2.03. The Labute approximate surface area is 80.3 Å². The summed E-state index contributed by atoms with van der Waals surface area (Å²) in [6.45, 7) is 2.21. The van der Waals surface area contributed by atoms with Gasteiger partial charge in [-0.05, 0) is 18.8 Å². The van der Waals surface area contributed by atoms with E-state index >= 15 is 0 Å². The lowest BCUT2D eigenvalue weighted by Gasteiger charge is -2.32. The molecule has 2 nitrogen and oxygen atoms in total. The van der Waals surface area contributed by atoms with E-state index in [1.54, 1.807) is 0 Å². The van der Waals surface area contributed by atoms with Gasteiger partial charge in [-0.3, -0.25) is 4.79 Å². The highest BCUT2D eigenvalue weighted by atomic mass is 16.4. The van der Waals surface area contributed by atoms with E-state index < -0.39 is 5.97 Å². The average Bonchev–Trinajstić information content (AvgIpc) is 2.00. The normalized spacial score (nSPS) is 26.8. The smallest absolute Gasteiger partial charge is 0.306 e. The molecule has 0 unspecified atom stereocenters. The largest absolute Gasteiger partial charge is 0.481 e. The SMILES string of the molecule is CCCCCCC1CC(C(=O)O)C1. The number of carbonyl (C=O) groups is 1. The number of hydrogen-bond donors (Lipinski definition) is 1. The van der Waals surface area contributed by atoms with Gasteiger partial charge in [-0.2, -0.15) is 0 Å². The van der Waals surface area contributed by atoms with Crippen LogP contribution >= 0.6 is 0 Å². The first-order valence-corrected chi connectivity index (χ1v) is 5.46. The summed E-state index contributed by atoms with van der Waals surface area (Å²) in [5.74, 6) is 0.110. The third-order valence-corrected chi connectivity index (χ3v) is 3.05. The van der Waals surface area contributed by atoms with Crippen LogP contribution in [0.4, 0.5) is 0 Å². The van der Waals surface area contributed by atoms with Gasteiger partial charge < -0.3 is 5.11 Å². The van der Waals surface area contributed by atoms with E-state index in [-0.39, 0.29) is 5.92 Å². The predicted molar refractivity (Wildman–Crippen MR) is 52.6 cm³/mol. The van der Waals surface area contributed by atoms with Crippen LogP contribution in [0.25, 0.3) is 0 Å². The molecular formula is C11H20O2. The fraction of sp³-hybridized carbons (Fsp3) is 0.909.